The van der Waals surface area contributed by atoms with Crippen molar-refractivity contribution in [2.75, 3.05) is 20.4 Å². The van der Waals surface area contributed by atoms with Gasteiger partial charge in [-0.2, -0.15) is 0 Å². The Morgan fingerprint density at radius 3 is 2.67 bits per heavy atom. The Kier molecular flexibility index (Phi) is 3.43. The van der Waals surface area contributed by atoms with Crippen LogP contribution >= 0.6 is 7.60 Å². The largest absolute Gasteiger partial charge is 0.508 e. The number of benzene rings is 1. The van der Waals surface area contributed by atoms with E-state index >= 15 is 0 Å². The van der Waals surface area contributed by atoms with E-state index in [4.69, 9.17) is 13.8 Å². The summed E-state index contributed by atoms with van der Waals surface area (Å²) >= 11 is 0. The zero-order valence-corrected chi connectivity index (χ0v) is 10.8. The van der Waals surface area contributed by atoms with E-state index in [2.05, 4.69) is 0 Å². The lowest BCUT2D eigenvalue weighted by Gasteiger charge is -2.17. The first kappa shape index (κ1) is 13.1. The van der Waals surface area contributed by atoms with Gasteiger partial charge in [0, 0.05) is 19.8 Å². The van der Waals surface area contributed by atoms with Gasteiger partial charge in [0.2, 0.25) is 0 Å². The van der Waals surface area contributed by atoms with E-state index in [1.165, 1.54) is 32.4 Å². The Morgan fingerprint density at radius 2 is 2.06 bits per heavy atom. The lowest BCUT2D eigenvalue weighted by atomic mass is 10.1. The second-order valence-corrected chi connectivity index (χ2v) is 6.14. The molecule has 1 N–H and O–H groups in total. The van der Waals surface area contributed by atoms with Crippen molar-refractivity contribution < 1.29 is 28.3 Å². The Balaban J connectivity index is 2.32. The van der Waals surface area contributed by atoms with Gasteiger partial charge in [0.25, 0.3) is 0 Å². The van der Waals surface area contributed by atoms with Crippen molar-refractivity contribution in [1.82, 2.24) is 0 Å². The molecule has 0 spiro atoms. The topological polar surface area (TPSA) is 82.1 Å². The SMILES string of the molecule is COP(=O)(CC1OC(=O)c2ccc(O)cc21)OC. The Morgan fingerprint density at radius 1 is 1.39 bits per heavy atom. The van der Waals surface area contributed by atoms with Gasteiger partial charge < -0.3 is 18.9 Å². The lowest BCUT2D eigenvalue weighted by Crippen LogP contribution is -2.07. The molecule has 0 saturated heterocycles. The average molecular weight is 272 g/mol. The minimum absolute atomic E-state index is 0.0155. The third-order valence-electron chi connectivity index (χ3n) is 2.80. The van der Waals surface area contributed by atoms with Crippen LogP contribution in [0.1, 0.15) is 22.0 Å². The van der Waals surface area contributed by atoms with Crippen molar-refractivity contribution in [3.05, 3.63) is 29.3 Å². The summed E-state index contributed by atoms with van der Waals surface area (Å²) in [6, 6.07) is 4.28. The van der Waals surface area contributed by atoms with Crippen molar-refractivity contribution in [1.29, 1.82) is 0 Å². The number of ether oxygens (including phenoxy) is 1. The first-order valence-electron chi connectivity index (χ1n) is 5.23. The van der Waals surface area contributed by atoms with E-state index in [1.807, 2.05) is 0 Å². The maximum absolute atomic E-state index is 12.0. The van der Waals surface area contributed by atoms with Crippen LogP contribution in [0, 0.1) is 0 Å². The molecule has 1 aromatic carbocycles. The molecule has 0 aromatic heterocycles. The number of cyclic esters (lactones) is 1. The lowest BCUT2D eigenvalue weighted by molar-refractivity contribution is 0.0417. The van der Waals surface area contributed by atoms with Gasteiger partial charge >= 0.3 is 13.6 Å². The van der Waals surface area contributed by atoms with Crippen LogP contribution in [-0.2, 0) is 18.3 Å². The fourth-order valence-corrected chi connectivity index (χ4v) is 2.95. The monoisotopic (exact) mass is 272 g/mol. The summed E-state index contributed by atoms with van der Waals surface area (Å²) in [5, 5.41) is 9.41. The third kappa shape index (κ3) is 2.27. The van der Waals surface area contributed by atoms with Crippen LogP contribution in [0.2, 0.25) is 0 Å². The highest BCUT2D eigenvalue weighted by Crippen LogP contribution is 2.51. The molecule has 0 saturated carbocycles. The molecular weight excluding hydrogens is 259 g/mol. The van der Waals surface area contributed by atoms with E-state index in [-0.39, 0.29) is 11.9 Å². The number of esters is 1. The normalized spacial score (nSPS) is 18.6. The quantitative estimate of drug-likeness (QED) is 0.667. The minimum Gasteiger partial charge on any atom is -0.508 e. The number of carbonyl (C=O) groups is 1. The summed E-state index contributed by atoms with van der Waals surface area (Å²) in [6.07, 6.45) is -0.812. The highest BCUT2D eigenvalue weighted by molar-refractivity contribution is 7.53. The van der Waals surface area contributed by atoms with Crippen LogP contribution in [0.5, 0.6) is 5.75 Å². The molecule has 0 bridgehead atoms. The molecular formula is C11H13O6P. The number of carbonyl (C=O) groups excluding carboxylic acids is 1. The molecule has 0 amide bonds. The predicted octanol–water partition coefficient (Wildman–Crippen LogP) is 2.09. The van der Waals surface area contributed by atoms with Gasteiger partial charge in [-0.3, -0.25) is 4.57 Å². The van der Waals surface area contributed by atoms with Crippen molar-refractivity contribution in [3.63, 3.8) is 0 Å². The summed E-state index contributed by atoms with van der Waals surface area (Å²) in [6.45, 7) is 0. The number of phenolic OH excluding ortho intramolecular Hbond substituents is 1. The van der Waals surface area contributed by atoms with Gasteiger partial charge in [-0.1, -0.05) is 0 Å². The van der Waals surface area contributed by atoms with Crippen LogP contribution in [0.3, 0.4) is 0 Å². The molecule has 2 rings (SSSR count). The second kappa shape index (κ2) is 4.72. The van der Waals surface area contributed by atoms with Crippen LogP contribution in [0.25, 0.3) is 0 Å². The number of phenols is 1. The zero-order valence-electron chi connectivity index (χ0n) is 9.95. The molecule has 18 heavy (non-hydrogen) atoms. The Bertz CT molecular complexity index is 518. The molecule has 1 aromatic rings. The molecule has 0 aliphatic carbocycles. The number of aromatic hydroxyl groups is 1. The molecule has 1 aliphatic rings. The Labute approximate surface area is 104 Å². The van der Waals surface area contributed by atoms with E-state index in [1.54, 1.807) is 0 Å². The zero-order chi connectivity index (χ0) is 13.3. The molecule has 1 unspecified atom stereocenters. The predicted molar refractivity (Wildman–Crippen MR) is 62.8 cm³/mol. The number of hydrogen-bond donors (Lipinski definition) is 1. The van der Waals surface area contributed by atoms with Crippen molar-refractivity contribution in [3.8, 4) is 5.75 Å². The van der Waals surface area contributed by atoms with Gasteiger partial charge in [0.05, 0.1) is 11.7 Å². The summed E-state index contributed by atoms with van der Waals surface area (Å²) in [4.78, 5) is 11.6. The molecule has 7 heteroatoms. The van der Waals surface area contributed by atoms with Gasteiger partial charge in [-0.15, -0.1) is 0 Å². The fraction of sp³-hybridized carbons (Fsp3) is 0.364. The number of rotatable bonds is 4. The first-order chi connectivity index (χ1) is 8.49. The van der Waals surface area contributed by atoms with E-state index in [9.17, 15) is 14.5 Å². The molecule has 1 heterocycles. The van der Waals surface area contributed by atoms with Gasteiger partial charge in [0.1, 0.15) is 11.9 Å². The number of fused-ring (bicyclic) bond motifs is 1. The maximum atomic E-state index is 12.0. The maximum Gasteiger partial charge on any atom is 0.339 e. The van der Waals surface area contributed by atoms with Gasteiger partial charge in [-0.05, 0) is 18.2 Å². The highest BCUT2D eigenvalue weighted by atomic mass is 31.2. The second-order valence-electron chi connectivity index (χ2n) is 3.82. The van der Waals surface area contributed by atoms with E-state index in [0.29, 0.717) is 11.1 Å². The number of hydrogen-bond acceptors (Lipinski definition) is 6. The third-order valence-corrected chi connectivity index (χ3v) is 4.69. The van der Waals surface area contributed by atoms with E-state index < -0.39 is 19.7 Å². The highest BCUT2D eigenvalue weighted by Gasteiger charge is 2.37. The van der Waals surface area contributed by atoms with Gasteiger partial charge in [-0.25, -0.2) is 4.79 Å². The molecule has 6 nitrogen and oxygen atoms in total. The summed E-state index contributed by atoms with van der Waals surface area (Å²) < 4.78 is 26.7. The molecule has 98 valence electrons. The van der Waals surface area contributed by atoms with Crippen molar-refractivity contribution in [2.45, 2.75) is 6.10 Å². The van der Waals surface area contributed by atoms with Crippen LogP contribution in [-0.4, -0.2) is 31.5 Å². The molecule has 0 radical (unpaired) electrons. The fourth-order valence-electron chi connectivity index (χ4n) is 1.82. The molecule has 1 atom stereocenters. The van der Waals surface area contributed by atoms with Crippen LogP contribution in [0.15, 0.2) is 18.2 Å². The van der Waals surface area contributed by atoms with Gasteiger partial charge in [0.15, 0.2) is 0 Å². The smallest absolute Gasteiger partial charge is 0.339 e. The van der Waals surface area contributed by atoms with Crippen LogP contribution < -0.4 is 0 Å². The summed E-state index contributed by atoms with van der Waals surface area (Å²) in [5.74, 6) is -0.490. The molecule has 1 aliphatic heterocycles. The van der Waals surface area contributed by atoms with E-state index in [0.717, 1.165) is 0 Å². The van der Waals surface area contributed by atoms with Crippen LogP contribution in [0.4, 0.5) is 0 Å². The first-order valence-corrected chi connectivity index (χ1v) is 6.96. The summed E-state index contributed by atoms with van der Waals surface area (Å²) in [5.41, 5.74) is 0.853. The van der Waals surface area contributed by atoms with Crippen molar-refractivity contribution >= 4 is 13.6 Å². The standard InChI is InChI=1S/C11H13O6P/c1-15-18(14,16-2)6-10-9-5-7(12)3-4-8(9)11(13)17-10/h3-5,10,12H,6H2,1-2H3. The Hall–Kier alpha value is -1.36. The van der Waals surface area contributed by atoms with Crippen molar-refractivity contribution in [2.24, 2.45) is 0 Å². The molecule has 0 fully saturated rings. The summed E-state index contributed by atoms with van der Waals surface area (Å²) in [7, 11) is -0.750. The average Bonchev–Trinajstić information content (AvgIpc) is 2.65. The minimum atomic E-state index is -3.29.